The van der Waals surface area contributed by atoms with Crippen molar-refractivity contribution in [1.29, 1.82) is 0 Å². The Bertz CT molecular complexity index is 163. The van der Waals surface area contributed by atoms with Crippen LogP contribution in [0.5, 0.6) is 0 Å². The highest BCUT2D eigenvalue weighted by Crippen LogP contribution is 2.20. The maximum Gasteiger partial charge on any atom is 0.161 e. The van der Waals surface area contributed by atoms with Crippen molar-refractivity contribution in [2.24, 2.45) is 5.92 Å². The average Bonchev–Trinajstić information content (AvgIpc) is 2.05. The second-order valence-electron chi connectivity index (χ2n) is 2.89. The van der Waals surface area contributed by atoms with Crippen molar-refractivity contribution in [1.82, 2.24) is 0 Å². The zero-order chi connectivity index (χ0) is 8.27. The molecule has 0 bridgehead atoms. The second-order valence-corrected chi connectivity index (χ2v) is 2.89. The molecular weight excluding hydrogens is 140 g/mol. The minimum Gasteiger partial charge on any atom is -0.366 e. The van der Waals surface area contributed by atoms with Gasteiger partial charge in [0.25, 0.3) is 0 Å². The summed E-state index contributed by atoms with van der Waals surface area (Å²) in [5.74, 6) is 0.442. The molecule has 1 aliphatic rings. The third-order valence-electron chi connectivity index (χ3n) is 2.17. The molecule has 0 N–H and O–H groups in total. The van der Waals surface area contributed by atoms with Gasteiger partial charge in [-0.05, 0) is 12.8 Å². The third kappa shape index (κ3) is 1.90. The van der Waals surface area contributed by atoms with Gasteiger partial charge in [-0.15, -0.1) is 6.58 Å². The van der Waals surface area contributed by atoms with Crippen LogP contribution in [0.15, 0.2) is 12.7 Å². The van der Waals surface area contributed by atoms with Crippen molar-refractivity contribution >= 4 is 5.78 Å². The van der Waals surface area contributed by atoms with Crippen molar-refractivity contribution in [3.8, 4) is 0 Å². The molecule has 2 nitrogen and oxygen atoms in total. The predicted molar refractivity (Wildman–Crippen MR) is 43.3 cm³/mol. The predicted octanol–water partition coefficient (Wildman–Crippen LogP) is 1.56. The van der Waals surface area contributed by atoms with Crippen LogP contribution in [0.25, 0.3) is 0 Å². The fourth-order valence-electron chi connectivity index (χ4n) is 1.35. The lowest BCUT2D eigenvalue weighted by Gasteiger charge is -2.25. The summed E-state index contributed by atoms with van der Waals surface area (Å²) in [4.78, 5) is 11.1. The van der Waals surface area contributed by atoms with Gasteiger partial charge in [-0.2, -0.15) is 0 Å². The molecule has 62 valence electrons. The molecule has 0 aromatic carbocycles. The van der Waals surface area contributed by atoms with Gasteiger partial charge in [0.2, 0.25) is 0 Å². The number of carbonyl (C=O) groups is 1. The Morgan fingerprint density at radius 1 is 1.82 bits per heavy atom. The number of ketones is 1. The van der Waals surface area contributed by atoms with Gasteiger partial charge in [-0.1, -0.05) is 13.0 Å². The summed E-state index contributed by atoms with van der Waals surface area (Å²) in [6.07, 6.45) is 3.61. The standard InChI is InChI=1S/C9H14O2/c1-3-7-5-8(4-2)11-6-9(7)10/h4,7-8H,2-3,5-6H2,1H3. The first kappa shape index (κ1) is 8.47. The molecule has 1 saturated heterocycles. The van der Waals surface area contributed by atoms with Gasteiger partial charge in [0.1, 0.15) is 6.61 Å². The maximum absolute atomic E-state index is 11.1. The molecule has 0 radical (unpaired) electrons. The Morgan fingerprint density at radius 2 is 2.55 bits per heavy atom. The molecule has 0 saturated carbocycles. The molecule has 1 fully saturated rings. The van der Waals surface area contributed by atoms with Gasteiger partial charge >= 0.3 is 0 Å². The Kier molecular flexibility index (Phi) is 2.83. The number of Topliss-reactive ketones (excluding diaryl/α,β-unsaturated/α-hetero) is 1. The topological polar surface area (TPSA) is 26.3 Å². The van der Waals surface area contributed by atoms with Crippen LogP contribution < -0.4 is 0 Å². The van der Waals surface area contributed by atoms with Crippen LogP contribution in [0.1, 0.15) is 19.8 Å². The summed E-state index contributed by atoms with van der Waals surface area (Å²) < 4.78 is 5.20. The highest BCUT2D eigenvalue weighted by atomic mass is 16.5. The van der Waals surface area contributed by atoms with Gasteiger partial charge in [0, 0.05) is 5.92 Å². The van der Waals surface area contributed by atoms with Crippen LogP contribution in [0.4, 0.5) is 0 Å². The van der Waals surface area contributed by atoms with E-state index in [1.165, 1.54) is 0 Å². The molecule has 0 amide bonds. The molecule has 2 unspecified atom stereocenters. The fourth-order valence-corrected chi connectivity index (χ4v) is 1.35. The first-order valence-corrected chi connectivity index (χ1v) is 4.04. The van der Waals surface area contributed by atoms with Crippen LogP contribution >= 0.6 is 0 Å². The largest absolute Gasteiger partial charge is 0.366 e. The van der Waals surface area contributed by atoms with E-state index in [1.54, 1.807) is 6.08 Å². The summed E-state index contributed by atoms with van der Waals surface area (Å²) in [6, 6.07) is 0. The summed E-state index contributed by atoms with van der Waals surface area (Å²) in [5.41, 5.74) is 0. The van der Waals surface area contributed by atoms with Gasteiger partial charge in [0.05, 0.1) is 6.10 Å². The van der Waals surface area contributed by atoms with E-state index >= 15 is 0 Å². The van der Waals surface area contributed by atoms with E-state index in [2.05, 4.69) is 6.58 Å². The fraction of sp³-hybridized carbons (Fsp3) is 0.667. The molecule has 1 aliphatic heterocycles. The van der Waals surface area contributed by atoms with E-state index in [9.17, 15) is 4.79 Å². The van der Waals surface area contributed by atoms with E-state index in [0.717, 1.165) is 12.8 Å². The minimum absolute atomic E-state index is 0.0950. The van der Waals surface area contributed by atoms with E-state index in [4.69, 9.17) is 4.74 Å². The van der Waals surface area contributed by atoms with Gasteiger partial charge < -0.3 is 4.74 Å². The monoisotopic (exact) mass is 154 g/mol. The van der Waals surface area contributed by atoms with Gasteiger partial charge in [-0.3, -0.25) is 4.79 Å². The second kappa shape index (κ2) is 3.67. The Morgan fingerprint density at radius 3 is 3.09 bits per heavy atom. The highest BCUT2D eigenvalue weighted by molar-refractivity contribution is 5.82. The molecule has 0 aliphatic carbocycles. The number of hydrogen-bond acceptors (Lipinski definition) is 2. The zero-order valence-electron chi connectivity index (χ0n) is 6.88. The Hall–Kier alpha value is -0.630. The molecule has 0 aromatic heterocycles. The third-order valence-corrected chi connectivity index (χ3v) is 2.17. The van der Waals surface area contributed by atoms with Crippen LogP contribution in [-0.4, -0.2) is 18.5 Å². The lowest BCUT2D eigenvalue weighted by molar-refractivity contribution is -0.135. The quantitative estimate of drug-likeness (QED) is 0.564. The number of hydrogen-bond donors (Lipinski definition) is 0. The van der Waals surface area contributed by atoms with Crippen molar-refractivity contribution in [2.45, 2.75) is 25.9 Å². The summed E-state index contributed by atoms with van der Waals surface area (Å²) in [7, 11) is 0. The highest BCUT2D eigenvalue weighted by Gasteiger charge is 2.25. The van der Waals surface area contributed by atoms with Gasteiger partial charge in [0.15, 0.2) is 5.78 Å². The van der Waals surface area contributed by atoms with E-state index < -0.39 is 0 Å². The molecule has 1 rings (SSSR count). The van der Waals surface area contributed by atoms with Crippen molar-refractivity contribution in [3.63, 3.8) is 0 Å². The molecule has 11 heavy (non-hydrogen) atoms. The van der Waals surface area contributed by atoms with E-state index in [0.29, 0.717) is 0 Å². The van der Waals surface area contributed by atoms with Crippen molar-refractivity contribution in [3.05, 3.63) is 12.7 Å². The van der Waals surface area contributed by atoms with Crippen LogP contribution in [0, 0.1) is 5.92 Å². The molecule has 1 heterocycles. The van der Waals surface area contributed by atoms with E-state index in [1.807, 2.05) is 6.92 Å². The van der Waals surface area contributed by atoms with Crippen LogP contribution in [-0.2, 0) is 9.53 Å². The summed E-state index contributed by atoms with van der Waals surface area (Å²) in [6.45, 7) is 5.95. The molecular formula is C9H14O2. The smallest absolute Gasteiger partial charge is 0.161 e. The number of carbonyl (C=O) groups excluding carboxylic acids is 1. The lowest BCUT2D eigenvalue weighted by atomic mass is 9.92. The van der Waals surface area contributed by atoms with Gasteiger partial charge in [-0.25, -0.2) is 0 Å². The maximum atomic E-state index is 11.1. The average molecular weight is 154 g/mol. The van der Waals surface area contributed by atoms with Crippen molar-refractivity contribution in [2.75, 3.05) is 6.61 Å². The Balaban J connectivity index is 2.50. The molecule has 2 atom stereocenters. The minimum atomic E-state index is 0.0950. The zero-order valence-corrected chi connectivity index (χ0v) is 6.88. The Labute approximate surface area is 67.2 Å². The molecule has 2 heteroatoms. The summed E-state index contributed by atoms with van der Waals surface area (Å²) >= 11 is 0. The normalized spacial score (nSPS) is 31.9. The molecule has 0 aromatic rings. The number of ether oxygens (including phenoxy) is 1. The first-order valence-electron chi connectivity index (χ1n) is 4.04. The summed E-state index contributed by atoms with van der Waals surface area (Å²) in [5, 5.41) is 0. The first-order chi connectivity index (χ1) is 5.27. The van der Waals surface area contributed by atoms with Crippen LogP contribution in [0.3, 0.4) is 0 Å². The van der Waals surface area contributed by atoms with E-state index in [-0.39, 0.29) is 24.4 Å². The molecule has 0 spiro atoms. The van der Waals surface area contributed by atoms with Crippen LogP contribution in [0.2, 0.25) is 0 Å². The lowest BCUT2D eigenvalue weighted by Crippen LogP contribution is -2.32. The SMILES string of the molecule is C=CC1CC(CC)C(=O)CO1. The number of rotatable bonds is 2. The van der Waals surface area contributed by atoms with Crippen molar-refractivity contribution < 1.29 is 9.53 Å².